The zero-order chi connectivity index (χ0) is 23.2. The van der Waals surface area contributed by atoms with Gasteiger partial charge >= 0.3 is 0 Å². The average molecular weight is 446 g/mol. The first-order valence-corrected chi connectivity index (χ1v) is 10.9. The van der Waals surface area contributed by atoms with Gasteiger partial charge in [0.2, 0.25) is 12.7 Å². The van der Waals surface area contributed by atoms with E-state index in [4.69, 9.17) is 9.47 Å². The van der Waals surface area contributed by atoms with Gasteiger partial charge in [-0.3, -0.25) is 9.59 Å². The van der Waals surface area contributed by atoms with Crippen LogP contribution in [0.3, 0.4) is 0 Å². The predicted octanol–water partition coefficient (Wildman–Crippen LogP) is 4.40. The number of hydrogen-bond donors (Lipinski definition) is 1. The molecular formula is C26H27N3O4. The van der Waals surface area contributed by atoms with E-state index in [0.717, 1.165) is 35.1 Å². The van der Waals surface area contributed by atoms with Gasteiger partial charge in [-0.2, -0.15) is 0 Å². The number of carbonyl (C=O) groups excluding carboxylic acids is 2. The van der Waals surface area contributed by atoms with Crippen LogP contribution in [0.15, 0.2) is 54.7 Å². The number of amides is 2. The van der Waals surface area contributed by atoms with Crippen LogP contribution in [0.1, 0.15) is 35.8 Å². The predicted molar refractivity (Wildman–Crippen MR) is 127 cm³/mol. The summed E-state index contributed by atoms with van der Waals surface area (Å²) in [4.78, 5) is 31.5. The number of ether oxygens (including phenoxy) is 2. The monoisotopic (exact) mass is 445 g/mol. The molecule has 1 aliphatic carbocycles. The van der Waals surface area contributed by atoms with Gasteiger partial charge in [-0.1, -0.05) is 18.2 Å². The van der Waals surface area contributed by atoms with Crippen molar-refractivity contribution in [3.8, 4) is 22.6 Å². The molecule has 0 atom stereocenters. The second kappa shape index (κ2) is 7.92. The highest BCUT2D eigenvalue weighted by Gasteiger charge is 2.51. The molecule has 0 bridgehead atoms. The Hall–Kier alpha value is -3.87. The van der Waals surface area contributed by atoms with Gasteiger partial charge in [-0.15, -0.1) is 0 Å². The van der Waals surface area contributed by atoms with Crippen molar-refractivity contribution in [3.63, 3.8) is 0 Å². The number of carbonyl (C=O) groups is 2. The molecule has 170 valence electrons. The first kappa shape index (κ1) is 21.0. The Morgan fingerprint density at radius 1 is 1.06 bits per heavy atom. The molecule has 1 aromatic heterocycles. The molecule has 0 saturated heterocycles. The minimum absolute atomic E-state index is 0. The van der Waals surface area contributed by atoms with Gasteiger partial charge in [0.1, 0.15) is 5.82 Å². The highest BCUT2D eigenvalue weighted by atomic mass is 16.7. The van der Waals surface area contributed by atoms with Gasteiger partial charge in [-0.05, 0) is 66.8 Å². The number of fused-ring (bicyclic) bond motifs is 1. The molecule has 1 fully saturated rings. The van der Waals surface area contributed by atoms with Crippen LogP contribution in [0.25, 0.3) is 11.1 Å². The summed E-state index contributed by atoms with van der Waals surface area (Å²) in [6.07, 6.45) is 3.30. The number of aryl methyl sites for hydroxylation is 1. The number of benzene rings is 2. The minimum atomic E-state index is -0.559. The number of anilines is 1. The molecule has 7 heteroatoms. The van der Waals surface area contributed by atoms with Gasteiger partial charge < -0.3 is 19.7 Å². The van der Waals surface area contributed by atoms with Gasteiger partial charge in [0.25, 0.3) is 5.91 Å². The van der Waals surface area contributed by atoms with Crippen molar-refractivity contribution in [3.05, 3.63) is 71.4 Å². The molecule has 5 rings (SSSR count). The maximum Gasteiger partial charge on any atom is 0.253 e. The van der Waals surface area contributed by atoms with Crippen LogP contribution in [0.5, 0.6) is 11.5 Å². The standard InChI is InChI=1S/C26H25N3O4.H2/c1-16-11-23(27-14-20(16)17-5-4-6-18(12-17)24(30)29(2)3)28-25(31)26(9-10-26)19-7-8-21-22(13-19)33-15-32-21;/h4-8,11-14H,9-10,15H2,1-3H3,(H,27,28,31);1H. The van der Waals surface area contributed by atoms with Crippen molar-refractivity contribution >= 4 is 17.6 Å². The second-order valence-electron chi connectivity index (χ2n) is 8.77. The maximum absolute atomic E-state index is 13.2. The Labute approximate surface area is 193 Å². The van der Waals surface area contributed by atoms with Crippen molar-refractivity contribution in [1.82, 2.24) is 9.88 Å². The molecule has 2 aliphatic rings. The van der Waals surface area contributed by atoms with E-state index in [2.05, 4.69) is 10.3 Å². The van der Waals surface area contributed by atoms with Crippen LogP contribution < -0.4 is 14.8 Å². The normalized spacial score (nSPS) is 15.1. The van der Waals surface area contributed by atoms with Gasteiger partial charge in [0.05, 0.1) is 5.41 Å². The lowest BCUT2D eigenvalue weighted by atomic mass is 9.94. The maximum atomic E-state index is 13.2. The third-order valence-corrected chi connectivity index (χ3v) is 6.29. The third kappa shape index (κ3) is 3.80. The zero-order valence-electron chi connectivity index (χ0n) is 18.8. The number of hydrogen-bond acceptors (Lipinski definition) is 5. The lowest BCUT2D eigenvalue weighted by Crippen LogP contribution is -2.28. The van der Waals surface area contributed by atoms with Gasteiger partial charge in [0, 0.05) is 32.8 Å². The van der Waals surface area contributed by atoms with E-state index in [1.807, 2.05) is 49.4 Å². The fraction of sp³-hybridized carbons (Fsp3) is 0.269. The minimum Gasteiger partial charge on any atom is -0.454 e. The quantitative estimate of drug-likeness (QED) is 0.629. The fourth-order valence-corrected chi connectivity index (χ4v) is 4.21. The van der Waals surface area contributed by atoms with E-state index in [0.29, 0.717) is 22.9 Å². The van der Waals surface area contributed by atoms with Crippen molar-refractivity contribution < 1.29 is 20.5 Å². The Morgan fingerprint density at radius 2 is 1.85 bits per heavy atom. The van der Waals surface area contributed by atoms with E-state index in [1.165, 1.54) is 0 Å². The van der Waals surface area contributed by atoms with E-state index in [-0.39, 0.29) is 20.0 Å². The first-order valence-electron chi connectivity index (χ1n) is 10.9. The van der Waals surface area contributed by atoms with Crippen LogP contribution >= 0.6 is 0 Å². The van der Waals surface area contributed by atoms with Crippen LogP contribution in [0.4, 0.5) is 5.82 Å². The Morgan fingerprint density at radius 3 is 2.58 bits per heavy atom. The summed E-state index contributed by atoms with van der Waals surface area (Å²) in [6.45, 7) is 2.18. The first-order chi connectivity index (χ1) is 15.9. The van der Waals surface area contributed by atoms with Crippen molar-refractivity contribution in [2.24, 2.45) is 0 Å². The molecule has 0 unspecified atom stereocenters. The molecule has 1 aliphatic heterocycles. The van der Waals surface area contributed by atoms with E-state index in [1.54, 1.807) is 31.3 Å². The number of pyridine rings is 1. The summed E-state index contributed by atoms with van der Waals surface area (Å²) < 4.78 is 10.9. The smallest absolute Gasteiger partial charge is 0.253 e. The Kier molecular flexibility index (Phi) is 5.04. The van der Waals surface area contributed by atoms with Gasteiger partial charge in [-0.25, -0.2) is 4.98 Å². The topological polar surface area (TPSA) is 80.8 Å². The summed E-state index contributed by atoms with van der Waals surface area (Å²) in [5.74, 6) is 1.78. The summed E-state index contributed by atoms with van der Waals surface area (Å²) in [7, 11) is 3.46. The molecule has 0 radical (unpaired) electrons. The summed E-state index contributed by atoms with van der Waals surface area (Å²) >= 11 is 0. The second-order valence-corrected chi connectivity index (χ2v) is 8.77. The lowest BCUT2D eigenvalue weighted by molar-refractivity contribution is -0.118. The summed E-state index contributed by atoms with van der Waals surface area (Å²) in [5.41, 5.74) is 3.77. The Balaban J connectivity index is 0.00000274. The molecule has 2 aromatic carbocycles. The number of aromatic nitrogens is 1. The van der Waals surface area contributed by atoms with Crippen molar-refractivity contribution in [2.75, 3.05) is 26.2 Å². The summed E-state index contributed by atoms with van der Waals surface area (Å²) in [6, 6.07) is 15.0. The van der Waals surface area contributed by atoms with Crippen molar-refractivity contribution in [1.29, 1.82) is 0 Å². The Bertz CT molecular complexity index is 1270. The molecule has 3 aromatic rings. The van der Waals surface area contributed by atoms with E-state index < -0.39 is 5.41 Å². The largest absolute Gasteiger partial charge is 0.454 e. The van der Waals surface area contributed by atoms with Gasteiger partial charge in [0.15, 0.2) is 11.5 Å². The van der Waals surface area contributed by atoms with E-state index in [9.17, 15) is 9.59 Å². The summed E-state index contributed by atoms with van der Waals surface area (Å²) in [5, 5.41) is 2.99. The van der Waals surface area contributed by atoms with Crippen LogP contribution in [-0.4, -0.2) is 42.6 Å². The fourth-order valence-electron chi connectivity index (χ4n) is 4.21. The third-order valence-electron chi connectivity index (χ3n) is 6.29. The molecule has 0 spiro atoms. The van der Waals surface area contributed by atoms with Crippen LogP contribution in [0, 0.1) is 6.92 Å². The highest BCUT2D eigenvalue weighted by Crippen LogP contribution is 2.51. The average Bonchev–Trinajstić information content (AvgIpc) is 3.49. The lowest BCUT2D eigenvalue weighted by Gasteiger charge is -2.17. The number of nitrogens with zero attached hydrogens (tertiary/aromatic N) is 2. The molecule has 1 N–H and O–H groups in total. The SMILES string of the molecule is Cc1cc(NC(=O)C2(c3ccc4c(c3)OCO4)CC2)ncc1-c1cccc(C(=O)N(C)C)c1.[HH]. The molecule has 7 nitrogen and oxygen atoms in total. The zero-order valence-corrected chi connectivity index (χ0v) is 18.8. The molecule has 2 heterocycles. The van der Waals surface area contributed by atoms with Crippen LogP contribution in [-0.2, 0) is 10.2 Å². The molecule has 1 saturated carbocycles. The van der Waals surface area contributed by atoms with E-state index >= 15 is 0 Å². The molecule has 33 heavy (non-hydrogen) atoms. The van der Waals surface area contributed by atoms with Crippen LogP contribution in [0.2, 0.25) is 0 Å². The molecular weight excluding hydrogens is 418 g/mol. The highest BCUT2D eigenvalue weighted by molar-refractivity contribution is 6.01. The number of rotatable bonds is 5. The number of nitrogens with one attached hydrogen (secondary N) is 1. The van der Waals surface area contributed by atoms with Crippen molar-refractivity contribution in [2.45, 2.75) is 25.2 Å². The molecule has 2 amide bonds.